The Morgan fingerprint density at radius 2 is 1.81 bits per heavy atom. The van der Waals surface area contributed by atoms with Crippen LogP contribution in [0.4, 0.5) is 0 Å². The van der Waals surface area contributed by atoms with E-state index in [1.807, 2.05) is 0 Å². The molecule has 0 spiro atoms. The summed E-state index contributed by atoms with van der Waals surface area (Å²) < 4.78 is 24.3. The lowest BCUT2D eigenvalue weighted by Gasteiger charge is -2.31. The maximum Gasteiger partial charge on any atom is 0.191 e. The van der Waals surface area contributed by atoms with E-state index in [-0.39, 0.29) is 40.9 Å². The molecule has 0 amide bonds. The fraction of sp³-hybridized carbons (Fsp3) is 0.611. The van der Waals surface area contributed by atoms with Gasteiger partial charge in [0.05, 0.1) is 5.75 Å². The molecular formula is C18H29BrIN3O2S. The maximum absolute atomic E-state index is 11.6. The van der Waals surface area contributed by atoms with Crippen LogP contribution in [0.15, 0.2) is 33.7 Å². The van der Waals surface area contributed by atoms with E-state index in [9.17, 15) is 8.42 Å². The predicted molar refractivity (Wildman–Crippen MR) is 123 cm³/mol. The van der Waals surface area contributed by atoms with Crippen LogP contribution in [0.2, 0.25) is 0 Å². The Balaban J connectivity index is 0.00000338. The fourth-order valence-electron chi connectivity index (χ4n) is 3.37. The Bertz CT molecular complexity index is 687. The zero-order valence-corrected chi connectivity index (χ0v) is 20.2. The summed E-state index contributed by atoms with van der Waals surface area (Å²) >= 11 is 3.50. The number of sulfone groups is 1. The lowest BCUT2D eigenvalue weighted by Crippen LogP contribution is -2.45. The van der Waals surface area contributed by atoms with Gasteiger partial charge in [-0.25, -0.2) is 8.42 Å². The first-order valence-electron chi connectivity index (χ1n) is 8.82. The van der Waals surface area contributed by atoms with Crippen molar-refractivity contribution in [3.8, 4) is 0 Å². The summed E-state index contributed by atoms with van der Waals surface area (Å²) in [5.41, 5.74) is 1.47. The zero-order valence-electron chi connectivity index (χ0n) is 15.4. The average molecular weight is 558 g/mol. The molecule has 0 atom stereocenters. The average Bonchev–Trinajstić information content (AvgIpc) is 3.08. The highest BCUT2D eigenvalue weighted by Gasteiger charge is 2.35. The summed E-state index contributed by atoms with van der Waals surface area (Å²) in [6.07, 6.45) is 4.78. The molecule has 0 radical (unpaired) electrons. The number of hydrogen-bond acceptors (Lipinski definition) is 3. The van der Waals surface area contributed by atoms with Gasteiger partial charge in [0.25, 0.3) is 0 Å². The van der Waals surface area contributed by atoms with Crippen LogP contribution in [-0.2, 0) is 15.3 Å². The van der Waals surface area contributed by atoms with Gasteiger partial charge in [0.2, 0.25) is 0 Å². The lowest BCUT2D eigenvalue weighted by molar-refractivity contribution is 0.432. The highest BCUT2D eigenvalue weighted by molar-refractivity contribution is 14.0. The van der Waals surface area contributed by atoms with Crippen molar-refractivity contribution in [2.45, 2.75) is 38.0 Å². The van der Waals surface area contributed by atoms with Gasteiger partial charge in [0, 0.05) is 35.8 Å². The number of nitrogens with one attached hydrogen (secondary N) is 2. The largest absolute Gasteiger partial charge is 0.356 e. The molecule has 0 aliphatic heterocycles. The van der Waals surface area contributed by atoms with Gasteiger partial charge in [0.15, 0.2) is 15.8 Å². The number of nitrogens with zero attached hydrogens (tertiary/aromatic N) is 1. The van der Waals surface area contributed by atoms with Crippen molar-refractivity contribution in [3.63, 3.8) is 0 Å². The first-order valence-corrected chi connectivity index (χ1v) is 11.4. The highest BCUT2D eigenvalue weighted by Crippen LogP contribution is 2.40. The molecule has 26 heavy (non-hydrogen) atoms. The summed E-state index contributed by atoms with van der Waals surface area (Å²) in [6.45, 7) is 2.85. The smallest absolute Gasteiger partial charge is 0.191 e. The summed E-state index contributed by atoms with van der Waals surface area (Å²) in [4.78, 5) is 4.23. The van der Waals surface area contributed by atoms with E-state index in [0.717, 1.165) is 23.9 Å². The summed E-state index contributed by atoms with van der Waals surface area (Å²) in [5, 5.41) is 6.52. The van der Waals surface area contributed by atoms with Crippen molar-refractivity contribution in [2.24, 2.45) is 4.99 Å². The minimum Gasteiger partial charge on any atom is -0.356 e. The van der Waals surface area contributed by atoms with Crippen LogP contribution >= 0.6 is 39.9 Å². The Kier molecular flexibility index (Phi) is 9.88. The normalized spacial score (nSPS) is 16.8. The minimum atomic E-state index is -2.96. The van der Waals surface area contributed by atoms with Gasteiger partial charge in [-0.15, -0.1) is 24.0 Å². The second-order valence-corrected chi connectivity index (χ2v) is 9.97. The molecule has 5 nitrogen and oxygen atoms in total. The molecule has 8 heteroatoms. The van der Waals surface area contributed by atoms with Gasteiger partial charge in [-0.1, -0.05) is 47.8 Å². The molecule has 0 saturated heterocycles. The van der Waals surface area contributed by atoms with Crippen molar-refractivity contribution in [1.29, 1.82) is 0 Å². The SMILES string of the molecule is CCS(=O)(=O)CCNC(=NC)NCC1(c2ccc(Br)cc2)CCCC1.I. The first kappa shape index (κ1) is 23.7. The molecule has 0 bridgehead atoms. The molecule has 2 rings (SSSR count). The van der Waals surface area contributed by atoms with Crippen LogP contribution in [0, 0.1) is 0 Å². The molecule has 1 aromatic rings. The molecular weight excluding hydrogens is 529 g/mol. The molecule has 2 N–H and O–H groups in total. The first-order chi connectivity index (χ1) is 11.9. The minimum absolute atomic E-state index is 0. The monoisotopic (exact) mass is 557 g/mol. The molecule has 1 fully saturated rings. The van der Waals surface area contributed by atoms with E-state index >= 15 is 0 Å². The van der Waals surface area contributed by atoms with Crippen LogP contribution in [-0.4, -0.2) is 46.0 Å². The van der Waals surface area contributed by atoms with Gasteiger partial charge >= 0.3 is 0 Å². The van der Waals surface area contributed by atoms with Crippen LogP contribution in [0.25, 0.3) is 0 Å². The van der Waals surface area contributed by atoms with Crippen LogP contribution in [0.3, 0.4) is 0 Å². The molecule has 0 unspecified atom stereocenters. The van der Waals surface area contributed by atoms with Gasteiger partial charge in [-0.05, 0) is 30.5 Å². The molecule has 0 aromatic heterocycles. The second-order valence-electron chi connectivity index (χ2n) is 6.58. The van der Waals surface area contributed by atoms with E-state index < -0.39 is 9.84 Å². The molecule has 1 aromatic carbocycles. The number of aliphatic imine (C=N–C) groups is 1. The van der Waals surface area contributed by atoms with Gasteiger partial charge in [-0.2, -0.15) is 0 Å². The van der Waals surface area contributed by atoms with Crippen molar-refractivity contribution in [3.05, 3.63) is 34.3 Å². The van der Waals surface area contributed by atoms with Crippen LogP contribution in [0.1, 0.15) is 38.2 Å². The number of rotatable bonds is 7. The quantitative estimate of drug-likeness (QED) is 0.306. The van der Waals surface area contributed by atoms with Gasteiger partial charge in [-0.3, -0.25) is 4.99 Å². The summed E-state index contributed by atoms with van der Waals surface area (Å²) in [6, 6.07) is 8.58. The Labute approximate surface area is 182 Å². The van der Waals surface area contributed by atoms with Gasteiger partial charge < -0.3 is 10.6 Å². The molecule has 1 aliphatic carbocycles. The molecule has 1 saturated carbocycles. The van der Waals surface area contributed by atoms with E-state index in [4.69, 9.17) is 0 Å². The predicted octanol–water partition coefficient (Wildman–Crippen LogP) is 3.48. The van der Waals surface area contributed by atoms with E-state index in [0.29, 0.717) is 12.5 Å². The third-order valence-electron chi connectivity index (χ3n) is 4.98. The molecule has 0 heterocycles. The fourth-order valence-corrected chi connectivity index (χ4v) is 4.33. The number of hydrogen-bond donors (Lipinski definition) is 2. The molecule has 1 aliphatic rings. The molecule has 148 valence electrons. The maximum atomic E-state index is 11.6. The Morgan fingerprint density at radius 3 is 2.35 bits per heavy atom. The van der Waals surface area contributed by atoms with Crippen molar-refractivity contribution in [2.75, 3.05) is 31.6 Å². The lowest BCUT2D eigenvalue weighted by atomic mass is 9.79. The third kappa shape index (κ3) is 6.67. The number of guanidine groups is 1. The van der Waals surface area contributed by atoms with Crippen molar-refractivity contribution >= 4 is 55.7 Å². The van der Waals surface area contributed by atoms with E-state index in [1.165, 1.54) is 18.4 Å². The second kappa shape index (κ2) is 10.8. The zero-order chi connectivity index (χ0) is 18.3. The number of benzene rings is 1. The highest BCUT2D eigenvalue weighted by atomic mass is 127. The van der Waals surface area contributed by atoms with E-state index in [1.54, 1.807) is 14.0 Å². The third-order valence-corrected chi connectivity index (χ3v) is 7.21. The number of halogens is 2. The van der Waals surface area contributed by atoms with Crippen LogP contribution < -0.4 is 10.6 Å². The van der Waals surface area contributed by atoms with E-state index in [2.05, 4.69) is 55.8 Å². The van der Waals surface area contributed by atoms with Gasteiger partial charge in [0.1, 0.15) is 0 Å². The summed E-state index contributed by atoms with van der Waals surface area (Å²) in [5.74, 6) is 0.963. The summed E-state index contributed by atoms with van der Waals surface area (Å²) in [7, 11) is -1.25. The topological polar surface area (TPSA) is 70.6 Å². The Hall–Kier alpha value is -0.350. The Morgan fingerprint density at radius 1 is 1.19 bits per heavy atom. The van der Waals surface area contributed by atoms with Crippen molar-refractivity contribution in [1.82, 2.24) is 10.6 Å². The van der Waals surface area contributed by atoms with Crippen LogP contribution in [0.5, 0.6) is 0 Å². The standard InChI is InChI=1S/C18H28BrN3O2S.HI/c1-3-25(23,24)13-12-21-17(20-2)22-14-18(10-4-5-11-18)15-6-8-16(19)9-7-15;/h6-9H,3-5,10-14H2,1-2H3,(H2,20,21,22);1H. The van der Waals surface area contributed by atoms with Crippen molar-refractivity contribution < 1.29 is 8.42 Å².